The van der Waals surface area contributed by atoms with Gasteiger partial charge in [-0.15, -0.1) is 0 Å². The molecule has 4 atom stereocenters. The molecule has 0 saturated carbocycles. The Morgan fingerprint density at radius 3 is 2.23 bits per heavy atom. The molecule has 26 heavy (non-hydrogen) atoms. The molecule has 0 aromatic heterocycles. The molecule has 9 nitrogen and oxygen atoms in total. The molecule has 8 N–H and O–H groups in total. The van der Waals surface area contributed by atoms with Crippen molar-refractivity contribution in [3.63, 3.8) is 0 Å². The van der Waals surface area contributed by atoms with Gasteiger partial charge in [-0.3, -0.25) is 14.4 Å². The summed E-state index contributed by atoms with van der Waals surface area (Å²) in [6, 6.07) is -1.84. The molecule has 0 aromatic carbocycles. The predicted molar refractivity (Wildman–Crippen MR) is 100 cm³/mol. The monoisotopic (exact) mass is 388 g/mol. The van der Waals surface area contributed by atoms with Gasteiger partial charge in [-0.05, 0) is 43.9 Å². The molecular weight excluding hydrogens is 355 g/mol. The van der Waals surface area contributed by atoms with Crippen molar-refractivity contribution >= 4 is 34.0 Å². The Kier molecular flexibility index (Phi) is 12.7. The molecule has 0 unspecified atom stereocenters. The van der Waals surface area contributed by atoms with Gasteiger partial charge in [0.05, 0.1) is 6.04 Å². The molecule has 0 spiro atoms. The van der Waals surface area contributed by atoms with Crippen molar-refractivity contribution in [3.05, 3.63) is 0 Å². The number of nitrogens with zero attached hydrogens (tertiary/aromatic N) is 1. The van der Waals surface area contributed by atoms with E-state index in [1.165, 1.54) is 0 Å². The number of carbonyl (C=O) groups excluding carboxylic acids is 3. The summed E-state index contributed by atoms with van der Waals surface area (Å²) in [5.41, 5.74) is 5.50. The number of likely N-dealkylation sites (tertiary alicyclic amines) is 1. The van der Waals surface area contributed by atoms with Gasteiger partial charge < -0.3 is 32.2 Å². The van der Waals surface area contributed by atoms with Crippen molar-refractivity contribution in [1.82, 2.24) is 15.5 Å². The topological polar surface area (TPSA) is 168 Å². The number of hydrogen-bond donors (Lipinski definition) is 3. The highest BCUT2D eigenvalue weighted by Crippen LogP contribution is 2.19. The number of nitrogens with two attached hydrogens (primary N) is 1. The highest BCUT2D eigenvalue weighted by molar-refractivity contribution is 6.13. The van der Waals surface area contributed by atoms with E-state index in [0.29, 0.717) is 18.9 Å². The number of carbonyl (C=O) groups is 3. The summed E-state index contributed by atoms with van der Waals surface area (Å²) >= 11 is 2.63. The van der Waals surface area contributed by atoms with Crippen LogP contribution >= 0.6 is 0 Å². The van der Waals surface area contributed by atoms with Gasteiger partial charge in [0.25, 0.3) is 0 Å². The largest absolute Gasteiger partial charge is 0.412 e. The molecular formula is C16H33AlN4O5. The third-order valence-corrected chi connectivity index (χ3v) is 4.47. The van der Waals surface area contributed by atoms with Crippen LogP contribution in [-0.4, -0.2) is 79.4 Å². The molecule has 3 amide bonds. The van der Waals surface area contributed by atoms with Crippen molar-refractivity contribution < 1.29 is 25.3 Å². The van der Waals surface area contributed by atoms with Crippen LogP contribution in [0, 0.1) is 5.92 Å². The van der Waals surface area contributed by atoms with Gasteiger partial charge in [0.2, 0.25) is 17.7 Å². The second-order valence-electron chi connectivity index (χ2n) is 6.95. The van der Waals surface area contributed by atoms with Gasteiger partial charge in [-0.1, -0.05) is 13.8 Å². The summed E-state index contributed by atoms with van der Waals surface area (Å²) < 4.78 is 0. The third kappa shape index (κ3) is 8.02. The first-order valence-electron chi connectivity index (χ1n) is 8.55. The fourth-order valence-corrected chi connectivity index (χ4v) is 3.51. The van der Waals surface area contributed by atoms with Crippen LogP contribution in [0.15, 0.2) is 0 Å². The lowest BCUT2D eigenvalue weighted by molar-refractivity contribution is -0.141. The predicted octanol–water partition coefficient (Wildman–Crippen LogP) is -2.16. The lowest BCUT2D eigenvalue weighted by Gasteiger charge is -2.29. The molecule has 1 aliphatic rings. The molecule has 1 rings (SSSR count). The molecule has 1 heterocycles. The summed E-state index contributed by atoms with van der Waals surface area (Å²) in [6.45, 7) is 7.90. The maximum atomic E-state index is 12.6. The number of rotatable bonds is 7. The van der Waals surface area contributed by atoms with E-state index in [1.54, 1.807) is 18.7 Å². The first kappa shape index (κ1) is 27.0. The summed E-state index contributed by atoms with van der Waals surface area (Å²) in [6.07, 6.45) is 2.28. The van der Waals surface area contributed by atoms with Crippen LogP contribution in [0.5, 0.6) is 0 Å². The Bertz CT molecular complexity index is 476. The second kappa shape index (κ2) is 12.3. The summed E-state index contributed by atoms with van der Waals surface area (Å²) in [5.74, 6) is -0.279. The van der Waals surface area contributed by atoms with Gasteiger partial charge in [0.1, 0.15) is 12.1 Å². The molecule has 1 aliphatic heterocycles. The number of nitrogens with one attached hydrogen (secondary N) is 2. The summed E-state index contributed by atoms with van der Waals surface area (Å²) in [5, 5.41) is 5.55. The zero-order valence-corrected chi connectivity index (χ0v) is 17.2. The fraction of sp³-hybridized carbons (Fsp3) is 0.812. The van der Waals surface area contributed by atoms with E-state index in [4.69, 9.17) is 5.73 Å². The van der Waals surface area contributed by atoms with E-state index in [9.17, 15) is 14.4 Å². The highest BCUT2D eigenvalue weighted by atomic mass is 27.0. The van der Waals surface area contributed by atoms with Gasteiger partial charge in [0.15, 0.2) is 16.3 Å². The van der Waals surface area contributed by atoms with Crippen LogP contribution in [0.3, 0.4) is 0 Å². The minimum absolute atomic E-state index is 0. The SMILES string of the molecule is CC(C)C[C@@H]([Al])NC(=O)[C@@H]1CCCN1C(=O)[C@H](C)NC(=O)[C@H](C)N.O.O. The van der Waals surface area contributed by atoms with Crippen LogP contribution in [-0.2, 0) is 14.4 Å². The summed E-state index contributed by atoms with van der Waals surface area (Å²) in [4.78, 5) is 38.2. The minimum atomic E-state index is -0.695. The zero-order chi connectivity index (χ0) is 18.4. The molecule has 1 fully saturated rings. The van der Waals surface area contributed by atoms with Crippen molar-refractivity contribution in [2.24, 2.45) is 11.7 Å². The van der Waals surface area contributed by atoms with Gasteiger partial charge in [-0.2, -0.15) is 0 Å². The van der Waals surface area contributed by atoms with E-state index in [1.807, 2.05) is 0 Å². The minimum Gasteiger partial charge on any atom is -0.412 e. The Morgan fingerprint density at radius 2 is 1.73 bits per heavy atom. The lowest BCUT2D eigenvalue weighted by Crippen LogP contribution is -2.55. The number of amides is 3. The van der Waals surface area contributed by atoms with E-state index in [2.05, 4.69) is 40.8 Å². The lowest BCUT2D eigenvalue weighted by atomic mass is 10.1. The fourth-order valence-electron chi connectivity index (χ4n) is 2.80. The van der Waals surface area contributed by atoms with Crippen LogP contribution in [0.2, 0.25) is 0 Å². The van der Waals surface area contributed by atoms with Crippen LogP contribution in [0.25, 0.3) is 0 Å². The van der Waals surface area contributed by atoms with Crippen LogP contribution in [0.1, 0.15) is 47.0 Å². The summed E-state index contributed by atoms with van der Waals surface area (Å²) in [7, 11) is 0. The first-order chi connectivity index (χ1) is 11.1. The van der Waals surface area contributed by atoms with Crippen molar-refractivity contribution in [1.29, 1.82) is 0 Å². The highest BCUT2D eigenvalue weighted by Gasteiger charge is 2.36. The quantitative estimate of drug-likeness (QED) is 0.422. The van der Waals surface area contributed by atoms with E-state index in [0.717, 1.165) is 12.8 Å². The van der Waals surface area contributed by atoms with Crippen molar-refractivity contribution in [3.8, 4) is 0 Å². The van der Waals surface area contributed by atoms with Crippen molar-refractivity contribution in [2.75, 3.05) is 6.54 Å². The first-order valence-corrected chi connectivity index (χ1v) is 9.22. The Hall–Kier alpha value is -1.18. The average molecular weight is 388 g/mol. The molecule has 10 heteroatoms. The Labute approximate surface area is 163 Å². The standard InChI is InChI=1S/C16H29N4O3.Al.2H2O/c1-10(2)7-8-18-15(22)13-6-5-9-20(13)16(23)12(4)19-14(21)11(3)17;;;/h8,10-13H,5-7,9,17H2,1-4H3,(H,18,22)(H,19,21);;2*1H2/t11-,12-,13-;;;/m0.../s1. The van der Waals surface area contributed by atoms with Crippen LogP contribution in [0.4, 0.5) is 0 Å². The molecule has 0 aromatic rings. The van der Waals surface area contributed by atoms with Crippen LogP contribution < -0.4 is 16.4 Å². The Balaban J connectivity index is 0. The van der Waals surface area contributed by atoms with Crippen molar-refractivity contribution in [2.45, 2.75) is 70.0 Å². The molecule has 2 radical (unpaired) electrons. The van der Waals surface area contributed by atoms with Gasteiger partial charge in [-0.25, -0.2) is 0 Å². The smallest absolute Gasteiger partial charge is 0.245 e. The normalized spacial score (nSPS) is 19.6. The second-order valence-corrected chi connectivity index (χ2v) is 7.76. The third-order valence-electron chi connectivity index (χ3n) is 4.03. The average Bonchev–Trinajstić information content (AvgIpc) is 2.94. The molecule has 0 bridgehead atoms. The Morgan fingerprint density at radius 1 is 1.15 bits per heavy atom. The zero-order valence-electron chi connectivity index (χ0n) is 16.0. The van der Waals surface area contributed by atoms with E-state index in [-0.39, 0.29) is 33.6 Å². The molecule has 150 valence electrons. The van der Waals surface area contributed by atoms with E-state index >= 15 is 0 Å². The maximum Gasteiger partial charge on any atom is 0.245 e. The van der Waals surface area contributed by atoms with E-state index < -0.39 is 18.1 Å². The van der Waals surface area contributed by atoms with Gasteiger partial charge >= 0.3 is 0 Å². The van der Waals surface area contributed by atoms with Gasteiger partial charge in [0, 0.05) is 6.54 Å². The maximum absolute atomic E-state index is 12.6. The molecule has 1 saturated heterocycles. The molecule has 0 aliphatic carbocycles. The number of hydrogen-bond acceptors (Lipinski definition) is 4.